The third kappa shape index (κ3) is 3.27. The molecule has 0 bridgehead atoms. The number of carbonyl (C=O) groups is 1. The van der Waals surface area contributed by atoms with Gasteiger partial charge in [0.25, 0.3) is 0 Å². The van der Waals surface area contributed by atoms with Crippen molar-refractivity contribution in [1.29, 1.82) is 0 Å². The number of rotatable bonds is 3. The number of hydrogen-bond acceptors (Lipinski definition) is 4. The fraction of sp³-hybridized carbons (Fsp3) is 0.538. The summed E-state index contributed by atoms with van der Waals surface area (Å²) >= 11 is 0. The van der Waals surface area contributed by atoms with E-state index in [4.69, 9.17) is 5.73 Å². The van der Waals surface area contributed by atoms with Crippen LogP contribution in [0.1, 0.15) is 12.6 Å². The van der Waals surface area contributed by atoms with Crippen molar-refractivity contribution in [1.82, 2.24) is 14.8 Å². The second-order valence-corrected chi connectivity index (χ2v) is 4.71. The van der Waals surface area contributed by atoms with Gasteiger partial charge in [0.2, 0.25) is 5.91 Å². The van der Waals surface area contributed by atoms with Gasteiger partial charge in [0.1, 0.15) is 0 Å². The molecule has 1 atom stereocenters. The lowest BCUT2D eigenvalue weighted by Crippen LogP contribution is -2.52. The Morgan fingerprint density at radius 2 is 2.11 bits per heavy atom. The highest BCUT2D eigenvalue weighted by molar-refractivity contribution is 5.81. The highest BCUT2D eigenvalue weighted by Crippen LogP contribution is 2.07. The lowest BCUT2D eigenvalue weighted by atomic mass is 10.2. The van der Waals surface area contributed by atoms with Gasteiger partial charge in [-0.15, -0.1) is 0 Å². The van der Waals surface area contributed by atoms with Crippen molar-refractivity contribution in [2.45, 2.75) is 19.5 Å². The molecule has 1 aliphatic heterocycles. The first kappa shape index (κ1) is 13.0. The summed E-state index contributed by atoms with van der Waals surface area (Å²) in [5.74, 6) is 0.0486. The average Bonchev–Trinajstić information content (AvgIpc) is 2.40. The van der Waals surface area contributed by atoms with Crippen molar-refractivity contribution >= 4 is 5.91 Å². The summed E-state index contributed by atoms with van der Waals surface area (Å²) in [4.78, 5) is 20.2. The lowest BCUT2D eigenvalue weighted by Gasteiger charge is -2.35. The minimum atomic E-state index is -0.396. The Bertz CT molecular complexity index is 385. The molecular weight excluding hydrogens is 228 g/mol. The summed E-state index contributed by atoms with van der Waals surface area (Å²) in [6, 6.07) is 5.55. The Hall–Kier alpha value is -1.46. The van der Waals surface area contributed by atoms with Crippen molar-refractivity contribution in [3.05, 3.63) is 30.1 Å². The van der Waals surface area contributed by atoms with Crippen molar-refractivity contribution in [3.63, 3.8) is 0 Å². The molecule has 1 aliphatic rings. The predicted molar refractivity (Wildman–Crippen MR) is 69.7 cm³/mol. The number of nitrogens with zero attached hydrogens (tertiary/aromatic N) is 3. The molecule has 0 saturated carbocycles. The fourth-order valence-corrected chi connectivity index (χ4v) is 2.14. The molecule has 5 heteroatoms. The molecule has 1 aromatic heterocycles. The minimum absolute atomic E-state index is 0.0486. The number of amides is 1. The Kier molecular flexibility index (Phi) is 4.28. The average molecular weight is 248 g/mol. The summed E-state index contributed by atoms with van der Waals surface area (Å²) in [6.45, 7) is 5.87. The van der Waals surface area contributed by atoms with Gasteiger partial charge in [-0.2, -0.15) is 0 Å². The van der Waals surface area contributed by atoms with Crippen LogP contribution >= 0.6 is 0 Å². The van der Waals surface area contributed by atoms with E-state index in [9.17, 15) is 4.79 Å². The van der Waals surface area contributed by atoms with Crippen LogP contribution in [0.5, 0.6) is 0 Å². The number of nitrogens with two attached hydrogens (primary N) is 1. The minimum Gasteiger partial charge on any atom is -0.339 e. The molecule has 1 saturated heterocycles. The van der Waals surface area contributed by atoms with Gasteiger partial charge in [0.05, 0.1) is 11.7 Å². The first-order chi connectivity index (χ1) is 8.66. The standard InChI is InChI=1S/C13H20N4O/c1-11(14)13(18)17-8-6-16(7-9-17)10-12-4-2-3-5-15-12/h2-5,11H,6-10,14H2,1H3/t11-/m0/s1. The summed E-state index contributed by atoms with van der Waals surface area (Å²) in [7, 11) is 0. The molecular formula is C13H20N4O. The lowest BCUT2D eigenvalue weighted by molar-refractivity contribution is -0.134. The Morgan fingerprint density at radius 1 is 1.39 bits per heavy atom. The van der Waals surface area contributed by atoms with E-state index in [0.29, 0.717) is 0 Å². The molecule has 0 spiro atoms. The van der Waals surface area contributed by atoms with Gasteiger partial charge in [-0.1, -0.05) is 6.07 Å². The van der Waals surface area contributed by atoms with Crippen LogP contribution in [0.25, 0.3) is 0 Å². The van der Waals surface area contributed by atoms with Crippen molar-refractivity contribution in [3.8, 4) is 0 Å². The number of aromatic nitrogens is 1. The highest BCUT2D eigenvalue weighted by atomic mass is 16.2. The van der Waals surface area contributed by atoms with Crippen LogP contribution in [-0.4, -0.2) is 52.9 Å². The van der Waals surface area contributed by atoms with Gasteiger partial charge in [0, 0.05) is 38.9 Å². The Morgan fingerprint density at radius 3 is 2.67 bits per heavy atom. The molecule has 0 aromatic carbocycles. The molecule has 5 nitrogen and oxygen atoms in total. The van der Waals surface area contributed by atoms with Gasteiger partial charge in [0.15, 0.2) is 0 Å². The van der Waals surface area contributed by atoms with Gasteiger partial charge in [-0.3, -0.25) is 14.7 Å². The van der Waals surface area contributed by atoms with E-state index in [1.807, 2.05) is 29.3 Å². The van der Waals surface area contributed by atoms with E-state index in [0.717, 1.165) is 38.4 Å². The zero-order valence-electron chi connectivity index (χ0n) is 10.7. The largest absolute Gasteiger partial charge is 0.339 e. The van der Waals surface area contributed by atoms with E-state index >= 15 is 0 Å². The monoisotopic (exact) mass is 248 g/mol. The Labute approximate surface area is 108 Å². The van der Waals surface area contributed by atoms with E-state index in [-0.39, 0.29) is 5.91 Å². The normalized spacial score (nSPS) is 18.7. The molecule has 0 unspecified atom stereocenters. The maximum absolute atomic E-state index is 11.7. The second kappa shape index (κ2) is 5.93. The molecule has 0 radical (unpaired) electrons. The molecule has 1 fully saturated rings. The topological polar surface area (TPSA) is 62.5 Å². The number of hydrogen-bond donors (Lipinski definition) is 1. The van der Waals surface area contributed by atoms with Crippen molar-refractivity contribution in [2.24, 2.45) is 5.73 Å². The number of carbonyl (C=O) groups excluding carboxylic acids is 1. The summed E-state index contributed by atoms with van der Waals surface area (Å²) in [5.41, 5.74) is 6.68. The molecule has 18 heavy (non-hydrogen) atoms. The van der Waals surface area contributed by atoms with Crippen LogP contribution in [0.3, 0.4) is 0 Å². The van der Waals surface area contributed by atoms with E-state index in [1.165, 1.54) is 0 Å². The molecule has 2 N–H and O–H groups in total. The third-order valence-electron chi connectivity index (χ3n) is 3.19. The fourth-order valence-electron chi connectivity index (χ4n) is 2.14. The predicted octanol–water partition coefficient (Wildman–Crippen LogP) is 0.0730. The van der Waals surface area contributed by atoms with Crippen LogP contribution < -0.4 is 5.73 Å². The summed E-state index contributed by atoms with van der Waals surface area (Å²) in [6.07, 6.45) is 1.81. The van der Waals surface area contributed by atoms with Crippen LogP contribution in [0.4, 0.5) is 0 Å². The van der Waals surface area contributed by atoms with Crippen LogP contribution in [-0.2, 0) is 11.3 Å². The smallest absolute Gasteiger partial charge is 0.239 e. The van der Waals surface area contributed by atoms with E-state index in [1.54, 1.807) is 6.92 Å². The first-order valence-corrected chi connectivity index (χ1v) is 6.33. The van der Waals surface area contributed by atoms with Gasteiger partial charge >= 0.3 is 0 Å². The number of piperazine rings is 1. The quantitative estimate of drug-likeness (QED) is 0.822. The summed E-state index contributed by atoms with van der Waals surface area (Å²) < 4.78 is 0. The molecule has 2 rings (SSSR count). The third-order valence-corrected chi connectivity index (χ3v) is 3.19. The molecule has 2 heterocycles. The van der Waals surface area contributed by atoms with Crippen LogP contribution in [0.2, 0.25) is 0 Å². The number of pyridine rings is 1. The van der Waals surface area contributed by atoms with E-state index < -0.39 is 6.04 Å². The first-order valence-electron chi connectivity index (χ1n) is 6.33. The molecule has 0 aliphatic carbocycles. The molecule has 1 amide bonds. The SMILES string of the molecule is C[C@H](N)C(=O)N1CCN(Cc2ccccn2)CC1. The van der Waals surface area contributed by atoms with Crippen LogP contribution in [0.15, 0.2) is 24.4 Å². The maximum atomic E-state index is 11.7. The summed E-state index contributed by atoms with van der Waals surface area (Å²) in [5, 5.41) is 0. The van der Waals surface area contributed by atoms with E-state index in [2.05, 4.69) is 9.88 Å². The van der Waals surface area contributed by atoms with Crippen LogP contribution in [0, 0.1) is 0 Å². The van der Waals surface area contributed by atoms with Gasteiger partial charge in [-0.05, 0) is 19.1 Å². The zero-order valence-corrected chi connectivity index (χ0v) is 10.7. The van der Waals surface area contributed by atoms with Crippen molar-refractivity contribution in [2.75, 3.05) is 26.2 Å². The highest BCUT2D eigenvalue weighted by Gasteiger charge is 2.22. The maximum Gasteiger partial charge on any atom is 0.239 e. The zero-order chi connectivity index (χ0) is 13.0. The van der Waals surface area contributed by atoms with Gasteiger partial charge < -0.3 is 10.6 Å². The molecule has 98 valence electrons. The Balaban J connectivity index is 1.82. The van der Waals surface area contributed by atoms with Crippen molar-refractivity contribution < 1.29 is 4.79 Å². The second-order valence-electron chi connectivity index (χ2n) is 4.71. The molecule has 1 aromatic rings. The van der Waals surface area contributed by atoms with Gasteiger partial charge in [-0.25, -0.2) is 0 Å².